The molecule has 4 aromatic carbocycles. The largest absolute Gasteiger partial charge is 0.490 e. The molecule has 0 unspecified atom stereocenters. The maximum atomic E-state index is 10.9. The lowest BCUT2D eigenvalue weighted by Crippen LogP contribution is -2.01. The Labute approximate surface area is 211 Å². The van der Waals surface area contributed by atoms with Crippen LogP contribution in [0.25, 0.3) is 22.4 Å². The van der Waals surface area contributed by atoms with Crippen LogP contribution in [0.4, 0.5) is 5.69 Å². The Morgan fingerprint density at radius 2 is 1.77 bits per heavy atom. The second kappa shape index (κ2) is 10.9. The first-order valence-corrected chi connectivity index (χ1v) is 11.7. The average molecular weight is 529 g/mol. The predicted octanol–water partition coefficient (Wildman–Crippen LogP) is 7.55. The van der Waals surface area contributed by atoms with E-state index in [-0.39, 0.29) is 12.3 Å². The molecule has 0 N–H and O–H groups in total. The van der Waals surface area contributed by atoms with E-state index in [0.29, 0.717) is 28.2 Å². The summed E-state index contributed by atoms with van der Waals surface area (Å²) in [4.78, 5) is 10.4. The Hall–Kier alpha value is -4.15. The average Bonchev–Trinajstić information content (AvgIpc) is 2.87. The Morgan fingerprint density at radius 1 is 1.03 bits per heavy atom. The summed E-state index contributed by atoms with van der Waals surface area (Å²) in [5, 5.41) is 22.9. The van der Waals surface area contributed by atoms with Gasteiger partial charge in [0, 0.05) is 12.1 Å². The summed E-state index contributed by atoms with van der Waals surface area (Å²) in [5.41, 5.74) is 2.97. The van der Waals surface area contributed by atoms with E-state index in [9.17, 15) is 15.4 Å². The van der Waals surface area contributed by atoms with E-state index >= 15 is 0 Å². The number of benzene rings is 4. The van der Waals surface area contributed by atoms with Gasteiger partial charge in [0.15, 0.2) is 11.5 Å². The third kappa shape index (κ3) is 5.68. The summed E-state index contributed by atoms with van der Waals surface area (Å²) in [6.45, 7) is 2.53. The molecule has 0 saturated heterocycles. The number of hydrogen-bond donors (Lipinski definition) is 0. The number of ether oxygens (including phenoxy) is 2. The summed E-state index contributed by atoms with van der Waals surface area (Å²) in [6, 6.07) is 26.2. The maximum absolute atomic E-state index is 10.9. The second-order valence-electron chi connectivity index (χ2n) is 7.71. The second-order valence-corrected chi connectivity index (χ2v) is 8.56. The number of rotatable bonds is 8. The minimum atomic E-state index is -0.436. The molecule has 0 atom stereocenters. The van der Waals surface area contributed by atoms with Crippen LogP contribution in [0.2, 0.25) is 0 Å². The lowest BCUT2D eigenvalue weighted by molar-refractivity contribution is -0.384. The fourth-order valence-corrected chi connectivity index (χ4v) is 4.22. The van der Waals surface area contributed by atoms with E-state index in [1.165, 1.54) is 12.1 Å². The van der Waals surface area contributed by atoms with Gasteiger partial charge in [0.1, 0.15) is 6.61 Å². The smallest absolute Gasteiger partial charge is 0.269 e. The van der Waals surface area contributed by atoms with Crippen molar-refractivity contribution in [1.29, 1.82) is 5.26 Å². The van der Waals surface area contributed by atoms with Crippen LogP contribution in [0, 0.1) is 21.4 Å². The van der Waals surface area contributed by atoms with E-state index in [0.717, 1.165) is 27.5 Å². The Bertz CT molecular complexity index is 1460. The highest BCUT2D eigenvalue weighted by atomic mass is 79.9. The normalized spacial score (nSPS) is 11.2. The fraction of sp³-hybridized carbons (Fsp3) is 0.107. The molecule has 0 amide bonds. The van der Waals surface area contributed by atoms with Crippen molar-refractivity contribution in [2.45, 2.75) is 13.5 Å². The zero-order valence-electron chi connectivity index (χ0n) is 18.9. The molecule has 6 nitrogen and oxygen atoms in total. The Balaban J connectivity index is 1.62. The molecule has 0 heterocycles. The van der Waals surface area contributed by atoms with Crippen molar-refractivity contribution in [2.75, 3.05) is 6.61 Å². The summed E-state index contributed by atoms with van der Waals surface area (Å²) in [5.74, 6) is 1.05. The van der Waals surface area contributed by atoms with Crippen LogP contribution in [-0.4, -0.2) is 11.5 Å². The fourth-order valence-electron chi connectivity index (χ4n) is 3.65. The predicted molar refractivity (Wildman–Crippen MR) is 140 cm³/mol. The number of non-ortho nitro benzene ring substituents is 1. The number of nitro benzene ring substituents is 1. The Morgan fingerprint density at radius 3 is 2.46 bits per heavy atom. The van der Waals surface area contributed by atoms with Gasteiger partial charge in [-0.1, -0.05) is 36.4 Å². The minimum Gasteiger partial charge on any atom is -0.490 e. The first-order valence-electron chi connectivity index (χ1n) is 10.9. The number of allylic oxidation sites excluding steroid dienone is 1. The Kier molecular flexibility index (Phi) is 7.44. The molecular weight excluding hydrogens is 508 g/mol. The molecule has 0 saturated carbocycles. The molecule has 4 rings (SSSR count). The number of nitriles is 1. The van der Waals surface area contributed by atoms with Crippen LogP contribution in [0.1, 0.15) is 23.6 Å². The molecule has 0 spiro atoms. The highest BCUT2D eigenvalue weighted by Gasteiger charge is 2.14. The van der Waals surface area contributed by atoms with E-state index in [1.54, 1.807) is 12.1 Å². The van der Waals surface area contributed by atoms with Crippen molar-refractivity contribution in [2.24, 2.45) is 0 Å². The van der Waals surface area contributed by atoms with Crippen molar-refractivity contribution in [3.8, 4) is 17.6 Å². The SMILES string of the molecule is CCOc1cc(/C=C(/C#N)c2ccc3ccccc3c2)cc(Br)c1OCc1ccc([N+](=O)[O-])cc1. The molecular formula is C28H21BrN2O4. The highest BCUT2D eigenvalue weighted by Crippen LogP contribution is 2.38. The van der Waals surface area contributed by atoms with Gasteiger partial charge in [0.25, 0.3) is 5.69 Å². The van der Waals surface area contributed by atoms with Gasteiger partial charge in [-0.3, -0.25) is 10.1 Å². The zero-order valence-corrected chi connectivity index (χ0v) is 20.5. The molecule has 0 radical (unpaired) electrons. The van der Waals surface area contributed by atoms with E-state index in [1.807, 2.05) is 67.6 Å². The van der Waals surface area contributed by atoms with Crippen molar-refractivity contribution in [1.82, 2.24) is 0 Å². The van der Waals surface area contributed by atoms with Gasteiger partial charge in [0.05, 0.1) is 27.6 Å². The van der Waals surface area contributed by atoms with Crippen LogP contribution in [0.15, 0.2) is 83.3 Å². The van der Waals surface area contributed by atoms with Crippen LogP contribution in [0.5, 0.6) is 11.5 Å². The number of nitrogens with zero attached hydrogens (tertiary/aromatic N) is 2. The molecule has 7 heteroatoms. The van der Waals surface area contributed by atoms with Crippen LogP contribution in [0.3, 0.4) is 0 Å². The molecule has 0 aliphatic carbocycles. The lowest BCUT2D eigenvalue weighted by Gasteiger charge is -2.15. The number of halogens is 1. The van der Waals surface area contributed by atoms with Gasteiger partial charge in [-0.15, -0.1) is 0 Å². The van der Waals surface area contributed by atoms with Crippen molar-refractivity contribution < 1.29 is 14.4 Å². The first kappa shape index (κ1) is 24.0. The molecule has 0 aliphatic heterocycles. The molecule has 0 bridgehead atoms. The number of fused-ring (bicyclic) bond motifs is 1. The van der Waals surface area contributed by atoms with Gasteiger partial charge in [0.2, 0.25) is 0 Å². The third-order valence-corrected chi connectivity index (χ3v) is 5.94. The maximum Gasteiger partial charge on any atom is 0.269 e. The summed E-state index contributed by atoms with van der Waals surface area (Å²) >= 11 is 3.57. The van der Waals surface area contributed by atoms with E-state index < -0.39 is 4.92 Å². The van der Waals surface area contributed by atoms with Gasteiger partial charge in [-0.25, -0.2) is 0 Å². The van der Waals surface area contributed by atoms with Gasteiger partial charge in [-0.05, 0) is 86.7 Å². The van der Waals surface area contributed by atoms with Crippen molar-refractivity contribution >= 4 is 44.0 Å². The first-order chi connectivity index (χ1) is 17.0. The summed E-state index contributed by atoms with van der Waals surface area (Å²) in [7, 11) is 0. The molecule has 174 valence electrons. The zero-order chi connectivity index (χ0) is 24.8. The van der Waals surface area contributed by atoms with Gasteiger partial charge < -0.3 is 9.47 Å². The quantitative estimate of drug-likeness (QED) is 0.102. The van der Waals surface area contributed by atoms with Crippen LogP contribution in [-0.2, 0) is 6.61 Å². The monoisotopic (exact) mass is 528 g/mol. The molecule has 0 fully saturated rings. The number of nitro groups is 1. The van der Waals surface area contributed by atoms with Crippen molar-refractivity contribution in [3.63, 3.8) is 0 Å². The highest BCUT2D eigenvalue weighted by molar-refractivity contribution is 9.10. The van der Waals surface area contributed by atoms with Crippen LogP contribution >= 0.6 is 15.9 Å². The van der Waals surface area contributed by atoms with Crippen LogP contribution < -0.4 is 9.47 Å². The third-order valence-electron chi connectivity index (χ3n) is 5.35. The summed E-state index contributed by atoms with van der Waals surface area (Å²) < 4.78 is 12.5. The van der Waals surface area contributed by atoms with Crippen molar-refractivity contribution in [3.05, 3.63) is 110 Å². The molecule has 35 heavy (non-hydrogen) atoms. The standard InChI is InChI=1S/C28H21BrN2O4/c1-2-34-27-15-20(13-24(17-30)23-10-9-21-5-3-4-6-22(21)16-23)14-26(29)28(27)35-18-19-7-11-25(12-8-19)31(32)33/h3-16H,2,18H2,1H3/b24-13-. The topological polar surface area (TPSA) is 85.4 Å². The molecule has 0 aromatic heterocycles. The number of hydrogen-bond acceptors (Lipinski definition) is 5. The van der Waals surface area contributed by atoms with Gasteiger partial charge >= 0.3 is 0 Å². The molecule has 4 aromatic rings. The lowest BCUT2D eigenvalue weighted by atomic mass is 10.00. The van der Waals surface area contributed by atoms with Gasteiger partial charge in [-0.2, -0.15) is 5.26 Å². The van der Waals surface area contributed by atoms with E-state index in [2.05, 4.69) is 22.0 Å². The summed E-state index contributed by atoms with van der Waals surface area (Å²) in [6.07, 6.45) is 1.82. The molecule has 0 aliphatic rings. The van der Waals surface area contributed by atoms with E-state index in [4.69, 9.17) is 9.47 Å². The minimum absolute atomic E-state index is 0.0285.